The molecule has 4 nitrogen and oxygen atoms in total. The zero-order valence-electron chi connectivity index (χ0n) is 30.0. The van der Waals surface area contributed by atoms with Crippen molar-refractivity contribution in [2.24, 2.45) is 0 Å². The number of carbonyl (C=O) groups is 2. The van der Waals surface area contributed by atoms with E-state index in [-0.39, 0.29) is 43.3 Å². The van der Waals surface area contributed by atoms with Gasteiger partial charge in [-0.3, -0.25) is 9.59 Å². The second-order valence-electron chi connectivity index (χ2n) is 12.2. The summed E-state index contributed by atoms with van der Waals surface area (Å²) in [6, 6.07) is 0. The molecule has 6 heteroatoms. The fraction of sp³-hybridized carbons (Fsp3) is 0.944. The minimum atomic E-state index is -0.653. The Hall–Kier alpha value is 0.239. The molecule has 0 amide bonds. The van der Waals surface area contributed by atoms with Gasteiger partial charge in [0.25, 0.3) is 0 Å². The Balaban J connectivity index is -0.000000150. The maximum atomic E-state index is 10.3. The molecule has 0 bridgehead atoms. The molecule has 0 aliphatic carbocycles. The quantitative estimate of drug-likeness (QED) is 0.0576. The summed E-state index contributed by atoms with van der Waals surface area (Å²) >= 11 is 0. The van der Waals surface area contributed by atoms with E-state index in [4.69, 9.17) is 10.2 Å². The molecular weight excluding hydrogens is 548 g/mol. The van der Waals surface area contributed by atoms with Crippen molar-refractivity contribution >= 4 is 52.4 Å². The number of carboxylic acid groups (broad SMARTS) is 2. The van der Waals surface area contributed by atoms with E-state index in [2.05, 4.69) is 13.8 Å². The molecule has 0 radical (unpaired) electrons. The molecule has 0 saturated carbocycles. The Bertz CT molecular complexity index is 473. The van der Waals surface area contributed by atoms with Crippen LogP contribution in [0.4, 0.5) is 0 Å². The van der Waals surface area contributed by atoms with Crippen molar-refractivity contribution in [2.45, 2.75) is 219 Å². The van der Waals surface area contributed by atoms with E-state index < -0.39 is 11.9 Å². The molecule has 0 spiro atoms. The first-order chi connectivity index (χ1) is 19.5. The summed E-state index contributed by atoms with van der Waals surface area (Å²) < 4.78 is 0. The minimum absolute atomic E-state index is 0. The van der Waals surface area contributed by atoms with Crippen molar-refractivity contribution in [1.82, 2.24) is 0 Å². The summed E-state index contributed by atoms with van der Waals surface area (Å²) in [5, 5.41) is 17.0. The molecule has 0 atom stereocenters. The second-order valence-corrected chi connectivity index (χ2v) is 12.2. The maximum absolute atomic E-state index is 10.3. The topological polar surface area (TPSA) is 74.6 Å². The summed E-state index contributed by atoms with van der Waals surface area (Å²) in [4.78, 5) is 20.7. The van der Waals surface area contributed by atoms with Crippen LogP contribution in [0.3, 0.4) is 0 Å². The summed E-state index contributed by atoms with van der Waals surface area (Å²) in [5.41, 5.74) is 0. The fourth-order valence-corrected chi connectivity index (χ4v) is 5.30. The van der Waals surface area contributed by atoms with E-state index in [0.29, 0.717) is 12.8 Å². The van der Waals surface area contributed by atoms with Gasteiger partial charge in [-0.25, -0.2) is 0 Å². The molecule has 0 aliphatic rings. The first-order valence-corrected chi connectivity index (χ1v) is 18.0. The zero-order chi connectivity index (χ0) is 29.8. The molecule has 250 valence electrons. The van der Waals surface area contributed by atoms with Crippen molar-refractivity contribution in [3.05, 3.63) is 0 Å². The van der Waals surface area contributed by atoms with Crippen molar-refractivity contribution < 1.29 is 22.7 Å². The molecule has 0 heterocycles. The van der Waals surface area contributed by atoms with Gasteiger partial charge in [0, 0.05) is 12.8 Å². The molecular formula is C36H77AlMgO4. The van der Waals surface area contributed by atoms with Crippen LogP contribution in [0.5, 0.6) is 0 Å². The molecule has 2 N–H and O–H groups in total. The Kier molecular flexibility index (Phi) is 53.4. The minimum Gasteiger partial charge on any atom is -1.00 e. The standard InChI is InChI=1S/2C18H36O2.Al.Mg.5H/c2*1-2-3-4-5-6-7-8-9-10-11-12-13-14-15-16-17-18(19)20;;;;;;;/h2*2-17H2,1H3,(H,19,20);;;;;;;/q;;;+2;;;;2*-1. The molecule has 0 rings (SSSR count). The summed E-state index contributed by atoms with van der Waals surface area (Å²) in [6.45, 7) is 4.54. The van der Waals surface area contributed by atoms with Crippen molar-refractivity contribution in [3.8, 4) is 0 Å². The molecule has 0 aromatic rings. The van der Waals surface area contributed by atoms with Gasteiger partial charge in [0.1, 0.15) is 0 Å². The molecule has 0 saturated heterocycles. The van der Waals surface area contributed by atoms with Crippen LogP contribution in [0, 0.1) is 0 Å². The van der Waals surface area contributed by atoms with Gasteiger partial charge in [0.2, 0.25) is 0 Å². The van der Waals surface area contributed by atoms with Gasteiger partial charge >= 0.3 is 35.0 Å². The van der Waals surface area contributed by atoms with Gasteiger partial charge in [-0.1, -0.05) is 194 Å². The predicted molar refractivity (Wildman–Crippen MR) is 192 cm³/mol. The van der Waals surface area contributed by atoms with Crippen LogP contribution in [-0.2, 0) is 9.59 Å². The smallest absolute Gasteiger partial charge is 1.00 e. The summed E-state index contributed by atoms with van der Waals surface area (Å²) in [7, 11) is 0. The SMILES string of the molecule is CCCCCCCCCCCCCCCCCC(=O)O.CCCCCCCCCCCCCCCCCC(=O)O.[AlH3].[H-].[H-].[Mg+2]. The van der Waals surface area contributed by atoms with E-state index >= 15 is 0 Å². The van der Waals surface area contributed by atoms with Gasteiger partial charge in [-0.15, -0.1) is 0 Å². The fourth-order valence-electron chi connectivity index (χ4n) is 5.30. The van der Waals surface area contributed by atoms with Crippen molar-refractivity contribution in [2.75, 3.05) is 0 Å². The largest absolute Gasteiger partial charge is 2.00 e. The van der Waals surface area contributed by atoms with E-state index in [1.165, 1.54) is 167 Å². The predicted octanol–water partition coefficient (Wildman–Crippen LogP) is 11.3. The third-order valence-corrected chi connectivity index (χ3v) is 7.99. The van der Waals surface area contributed by atoms with Gasteiger partial charge in [0.05, 0.1) is 0 Å². The average molecular weight is 625 g/mol. The summed E-state index contributed by atoms with van der Waals surface area (Å²) in [6.07, 6.45) is 40.4. The Morgan fingerprint density at radius 3 is 0.643 bits per heavy atom. The van der Waals surface area contributed by atoms with Gasteiger partial charge in [-0.05, 0) is 12.8 Å². The van der Waals surface area contributed by atoms with E-state index in [0.717, 1.165) is 25.7 Å². The van der Waals surface area contributed by atoms with Crippen LogP contribution >= 0.6 is 0 Å². The normalized spacial score (nSPS) is 10.3. The van der Waals surface area contributed by atoms with Crippen LogP contribution < -0.4 is 0 Å². The number of rotatable bonds is 32. The molecule has 0 aliphatic heterocycles. The number of hydrogen-bond acceptors (Lipinski definition) is 2. The zero-order valence-corrected chi connectivity index (χ0v) is 29.5. The molecule has 0 aromatic heterocycles. The van der Waals surface area contributed by atoms with E-state index in [1.807, 2.05) is 0 Å². The number of hydrogen-bond donors (Lipinski definition) is 2. The van der Waals surface area contributed by atoms with Crippen molar-refractivity contribution in [1.29, 1.82) is 0 Å². The average Bonchev–Trinajstić information content (AvgIpc) is 2.93. The number of carboxylic acids is 2. The van der Waals surface area contributed by atoms with E-state index in [9.17, 15) is 9.59 Å². The molecule has 0 unspecified atom stereocenters. The first-order valence-electron chi connectivity index (χ1n) is 18.0. The monoisotopic (exact) mass is 625 g/mol. The molecule has 0 aromatic carbocycles. The first kappa shape index (κ1) is 49.1. The van der Waals surface area contributed by atoms with Crippen LogP contribution in [-0.4, -0.2) is 62.6 Å². The third kappa shape index (κ3) is 52.8. The van der Waals surface area contributed by atoms with Crippen LogP contribution in [0.25, 0.3) is 0 Å². The Labute approximate surface area is 293 Å². The third-order valence-electron chi connectivity index (χ3n) is 7.99. The number of unbranched alkanes of at least 4 members (excludes halogenated alkanes) is 28. The summed E-state index contributed by atoms with van der Waals surface area (Å²) in [5.74, 6) is -1.31. The maximum Gasteiger partial charge on any atom is 2.00 e. The van der Waals surface area contributed by atoms with Gasteiger partial charge < -0.3 is 13.1 Å². The Morgan fingerprint density at radius 2 is 0.500 bits per heavy atom. The van der Waals surface area contributed by atoms with Gasteiger partial charge in [-0.2, -0.15) is 0 Å². The van der Waals surface area contributed by atoms with Gasteiger partial charge in [0.15, 0.2) is 17.4 Å². The van der Waals surface area contributed by atoms with Crippen molar-refractivity contribution in [3.63, 3.8) is 0 Å². The number of aliphatic carboxylic acids is 2. The van der Waals surface area contributed by atoms with Crippen LogP contribution in [0.15, 0.2) is 0 Å². The second kappa shape index (κ2) is 45.7. The molecule has 42 heavy (non-hydrogen) atoms. The van der Waals surface area contributed by atoms with Crippen LogP contribution in [0.2, 0.25) is 0 Å². The molecule has 0 fully saturated rings. The van der Waals surface area contributed by atoms with Crippen LogP contribution in [0.1, 0.15) is 222 Å². The van der Waals surface area contributed by atoms with E-state index in [1.54, 1.807) is 0 Å². The Morgan fingerprint density at radius 1 is 0.357 bits per heavy atom.